The van der Waals surface area contributed by atoms with Crippen molar-refractivity contribution in [2.75, 3.05) is 12.0 Å². The molecule has 0 radical (unpaired) electrons. The number of aromatic nitrogens is 2. The van der Waals surface area contributed by atoms with Crippen LogP contribution in [0.5, 0.6) is 0 Å². The molecule has 0 aliphatic carbocycles. The van der Waals surface area contributed by atoms with Crippen molar-refractivity contribution in [2.24, 2.45) is 0 Å². The fourth-order valence-electron chi connectivity index (χ4n) is 1.16. The normalized spacial score (nSPS) is 11.8. The summed E-state index contributed by atoms with van der Waals surface area (Å²) in [6.45, 7) is 0. The van der Waals surface area contributed by atoms with Gasteiger partial charge in [0.25, 0.3) is 5.91 Å². The minimum atomic E-state index is -1.03. The summed E-state index contributed by atoms with van der Waals surface area (Å²) in [7, 11) is 0. The molecule has 0 aliphatic rings. The van der Waals surface area contributed by atoms with E-state index in [1.165, 1.54) is 30.2 Å². The van der Waals surface area contributed by atoms with Crippen LogP contribution < -0.4 is 5.32 Å². The molecule has 1 aromatic rings. The van der Waals surface area contributed by atoms with Crippen molar-refractivity contribution in [3.8, 4) is 0 Å². The van der Waals surface area contributed by atoms with Crippen molar-refractivity contribution >= 4 is 23.6 Å². The maximum absolute atomic E-state index is 11.7. The molecule has 1 amide bonds. The zero-order valence-electron chi connectivity index (χ0n) is 9.29. The van der Waals surface area contributed by atoms with E-state index in [9.17, 15) is 9.59 Å². The van der Waals surface area contributed by atoms with Crippen molar-refractivity contribution in [1.29, 1.82) is 0 Å². The van der Waals surface area contributed by atoms with Gasteiger partial charge in [-0.1, -0.05) is 0 Å². The molecule has 17 heavy (non-hydrogen) atoms. The molecule has 1 atom stereocenters. The third-order valence-corrected chi connectivity index (χ3v) is 2.70. The SMILES string of the molecule is CSCCC(NC(=O)c1ccnnc1)C(=O)O. The molecule has 92 valence electrons. The molecule has 0 saturated heterocycles. The molecule has 0 fully saturated rings. The smallest absolute Gasteiger partial charge is 0.326 e. The molecule has 0 aromatic carbocycles. The minimum absolute atomic E-state index is 0.301. The van der Waals surface area contributed by atoms with Crippen LogP contribution in [0.15, 0.2) is 18.5 Å². The molecule has 1 rings (SSSR count). The highest BCUT2D eigenvalue weighted by Crippen LogP contribution is 2.03. The Hall–Kier alpha value is -1.63. The molecule has 2 N–H and O–H groups in total. The highest BCUT2D eigenvalue weighted by atomic mass is 32.2. The highest BCUT2D eigenvalue weighted by molar-refractivity contribution is 7.98. The Labute approximate surface area is 103 Å². The molecule has 6 nitrogen and oxygen atoms in total. The van der Waals surface area contributed by atoms with Crippen molar-refractivity contribution in [1.82, 2.24) is 15.5 Å². The third kappa shape index (κ3) is 4.39. The number of aliphatic carboxylic acids is 1. The summed E-state index contributed by atoms with van der Waals surface area (Å²) in [6.07, 6.45) is 4.95. The standard InChI is InChI=1S/C10H13N3O3S/c1-17-5-3-8(10(15)16)13-9(14)7-2-4-11-12-6-7/h2,4,6,8H,3,5H2,1H3,(H,13,14)(H,15,16). The van der Waals surface area contributed by atoms with E-state index < -0.39 is 17.9 Å². The fraction of sp³-hybridized carbons (Fsp3) is 0.400. The van der Waals surface area contributed by atoms with Gasteiger partial charge in [-0.05, 0) is 24.5 Å². The van der Waals surface area contributed by atoms with Gasteiger partial charge in [0.1, 0.15) is 6.04 Å². The van der Waals surface area contributed by atoms with Crippen LogP contribution in [0.4, 0.5) is 0 Å². The summed E-state index contributed by atoms with van der Waals surface area (Å²) in [6, 6.07) is 0.610. The van der Waals surface area contributed by atoms with E-state index in [4.69, 9.17) is 5.11 Å². The van der Waals surface area contributed by atoms with Crippen LogP contribution >= 0.6 is 11.8 Å². The van der Waals surface area contributed by atoms with Gasteiger partial charge in [-0.15, -0.1) is 0 Å². The van der Waals surface area contributed by atoms with Crippen LogP contribution in [0.3, 0.4) is 0 Å². The first-order valence-electron chi connectivity index (χ1n) is 4.94. The summed E-state index contributed by atoms with van der Waals surface area (Å²) in [5.41, 5.74) is 0.301. The maximum Gasteiger partial charge on any atom is 0.326 e. The number of carboxylic acids is 1. The summed E-state index contributed by atoms with van der Waals surface area (Å²) in [5, 5.41) is 18.5. The number of carboxylic acid groups (broad SMARTS) is 1. The number of carbonyl (C=O) groups excluding carboxylic acids is 1. The first-order chi connectivity index (χ1) is 8.15. The second kappa shape index (κ2) is 6.85. The summed E-state index contributed by atoms with van der Waals surface area (Å²) >= 11 is 1.53. The molecule has 0 saturated carbocycles. The Bertz CT molecular complexity index is 386. The third-order valence-electron chi connectivity index (χ3n) is 2.06. The molecule has 0 bridgehead atoms. The molecule has 1 aromatic heterocycles. The van der Waals surface area contributed by atoms with Gasteiger partial charge in [0.2, 0.25) is 0 Å². The van der Waals surface area contributed by atoms with Gasteiger partial charge in [0.15, 0.2) is 0 Å². The van der Waals surface area contributed by atoms with Crippen molar-refractivity contribution in [3.63, 3.8) is 0 Å². The monoisotopic (exact) mass is 255 g/mol. The number of nitrogens with one attached hydrogen (secondary N) is 1. The quantitative estimate of drug-likeness (QED) is 0.765. The van der Waals surface area contributed by atoms with E-state index in [0.29, 0.717) is 17.7 Å². The lowest BCUT2D eigenvalue weighted by Crippen LogP contribution is -2.41. The summed E-state index contributed by atoms with van der Waals surface area (Å²) < 4.78 is 0. The van der Waals surface area contributed by atoms with Gasteiger partial charge in [0.05, 0.1) is 18.0 Å². The van der Waals surface area contributed by atoms with E-state index >= 15 is 0 Å². The van der Waals surface area contributed by atoms with Crippen molar-refractivity contribution < 1.29 is 14.7 Å². The number of nitrogens with zero attached hydrogens (tertiary/aromatic N) is 2. The second-order valence-corrected chi connectivity index (χ2v) is 4.26. The van der Waals surface area contributed by atoms with Gasteiger partial charge >= 0.3 is 5.97 Å². The van der Waals surface area contributed by atoms with E-state index in [1.54, 1.807) is 0 Å². The van der Waals surface area contributed by atoms with Crippen LogP contribution in [0.2, 0.25) is 0 Å². The topological polar surface area (TPSA) is 92.2 Å². The zero-order chi connectivity index (χ0) is 12.7. The number of rotatable bonds is 6. The van der Waals surface area contributed by atoms with Crippen LogP contribution in [0, 0.1) is 0 Å². The summed E-state index contributed by atoms with van der Waals surface area (Å²) in [4.78, 5) is 22.6. The lowest BCUT2D eigenvalue weighted by atomic mass is 10.2. The van der Waals surface area contributed by atoms with Crippen LogP contribution in [0.25, 0.3) is 0 Å². The second-order valence-electron chi connectivity index (χ2n) is 3.28. The lowest BCUT2D eigenvalue weighted by molar-refractivity contribution is -0.139. The van der Waals surface area contributed by atoms with E-state index in [2.05, 4.69) is 15.5 Å². The maximum atomic E-state index is 11.7. The average molecular weight is 255 g/mol. The lowest BCUT2D eigenvalue weighted by Gasteiger charge is -2.13. The highest BCUT2D eigenvalue weighted by Gasteiger charge is 2.20. The van der Waals surface area contributed by atoms with Crippen LogP contribution in [-0.2, 0) is 4.79 Å². The Morgan fingerprint density at radius 3 is 2.82 bits per heavy atom. The number of amides is 1. The number of hydrogen-bond donors (Lipinski definition) is 2. The van der Waals surface area contributed by atoms with Crippen molar-refractivity contribution in [2.45, 2.75) is 12.5 Å². The largest absolute Gasteiger partial charge is 0.480 e. The Kier molecular flexibility index (Phi) is 5.41. The van der Waals surface area contributed by atoms with Gasteiger partial charge in [-0.25, -0.2) is 4.79 Å². The molecule has 1 unspecified atom stereocenters. The molecular weight excluding hydrogens is 242 g/mol. The van der Waals surface area contributed by atoms with Gasteiger partial charge in [-0.3, -0.25) is 4.79 Å². The van der Waals surface area contributed by atoms with E-state index in [0.717, 1.165) is 0 Å². The van der Waals surface area contributed by atoms with Gasteiger partial charge < -0.3 is 10.4 Å². The zero-order valence-corrected chi connectivity index (χ0v) is 10.1. The Balaban J connectivity index is 2.61. The van der Waals surface area contributed by atoms with Crippen LogP contribution in [-0.4, -0.2) is 45.2 Å². The predicted octanol–water partition coefficient (Wildman–Crippen LogP) is 0.413. The number of hydrogen-bond acceptors (Lipinski definition) is 5. The van der Waals surface area contributed by atoms with Gasteiger partial charge in [0, 0.05) is 0 Å². The molecule has 1 heterocycles. The first kappa shape index (κ1) is 13.4. The molecule has 0 aliphatic heterocycles. The van der Waals surface area contributed by atoms with E-state index in [1.807, 2.05) is 6.26 Å². The minimum Gasteiger partial charge on any atom is -0.480 e. The van der Waals surface area contributed by atoms with Crippen molar-refractivity contribution in [3.05, 3.63) is 24.0 Å². The average Bonchev–Trinajstić information content (AvgIpc) is 2.35. The Morgan fingerprint density at radius 1 is 1.53 bits per heavy atom. The number of carbonyl (C=O) groups is 2. The molecular formula is C10H13N3O3S. The van der Waals surface area contributed by atoms with E-state index in [-0.39, 0.29) is 0 Å². The fourth-order valence-corrected chi connectivity index (χ4v) is 1.63. The van der Waals surface area contributed by atoms with Crippen LogP contribution in [0.1, 0.15) is 16.8 Å². The first-order valence-corrected chi connectivity index (χ1v) is 6.34. The number of thioether (sulfide) groups is 1. The summed E-state index contributed by atoms with van der Waals surface area (Å²) in [5.74, 6) is -0.811. The predicted molar refractivity (Wildman–Crippen MR) is 63.9 cm³/mol. The Morgan fingerprint density at radius 2 is 2.29 bits per heavy atom. The van der Waals surface area contributed by atoms with Gasteiger partial charge in [-0.2, -0.15) is 22.0 Å². The molecule has 7 heteroatoms. The molecule has 0 spiro atoms.